The van der Waals surface area contributed by atoms with Crippen molar-refractivity contribution in [1.82, 2.24) is 4.90 Å². The third-order valence-corrected chi connectivity index (χ3v) is 5.71. The van der Waals surface area contributed by atoms with E-state index in [0.717, 1.165) is 25.9 Å². The molecule has 0 amide bonds. The van der Waals surface area contributed by atoms with Crippen molar-refractivity contribution < 1.29 is 4.39 Å². The van der Waals surface area contributed by atoms with Gasteiger partial charge in [0.05, 0.1) is 10.5 Å². The number of nitrogens with two attached hydrogens (primary N) is 1. The molecule has 1 atom stereocenters. The highest BCUT2D eigenvalue weighted by atomic mass is 79.9. The Labute approximate surface area is 128 Å². The van der Waals surface area contributed by atoms with Gasteiger partial charge in [-0.15, -0.1) is 0 Å². The second-order valence-electron chi connectivity index (χ2n) is 6.13. The maximum absolute atomic E-state index is 14.4. The van der Waals surface area contributed by atoms with Crippen molar-refractivity contribution in [3.8, 4) is 0 Å². The molecule has 1 heterocycles. The first-order valence-electron chi connectivity index (χ1n) is 7.60. The van der Waals surface area contributed by atoms with E-state index in [1.54, 1.807) is 6.07 Å². The maximum atomic E-state index is 14.4. The van der Waals surface area contributed by atoms with Crippen LogP contribution >= 0.6 is 15.9 Å². The van der Waals surface area contributed by atoms with Gasteiger partial charge < -0.3 is 5.73 Å². The molecule has 1 aromatic rings. The Balaban J connectivity index is 1.96. The van der Waals surface area contributed by atoms with Crippen molar-refractivity contribution in [1.29, 1.82) is 0 Å². The van der Waals surface area contributed by atoms with Crippen LogP contribution in [-0.4, -0.2) is 23.5 Å². The lowest BCUT2D eigenvalue weighted by molar-refractivity contribution is 0.0908. The topological polar surface area (TPSA) is 29.3 Å². The lowest BCUT2D eigenvalue weighted by Gasteiger charge is -2.43. The van der Waals surface area contributed by atoms with Gasteiger partial charge in [-0.3, -0.25) is 4.90 Å². The van der Waals surface area contributed by atoms with Crippen LogP contribution in [0.2, 0.25) is 0 Å². The van der Waals surface area contributed by atoms with E-state index >= 15 is 0 Å². The van der Waals surface area contributed by atoms with Gasteiger partial charge in [-0.05, 0) is 60.8 Å². The Morgan fingerprint density at radius 1 is 1.15 bits per heavy atom. The molecule has 2 nitrogen and oxygen atoms in total. The van der Waals surface area contributed by atoms with Crippen LogP contribution in [-0.2, 0) is 0 Å². The number of likely N-dealkylation sites (tertiary alicyclic amines) is 1. The Hall–Kier alpha value is -0.450. The largest absolute Gasteiger partial charge is 0.322 e. The molecule has 1 aromatic carbocycles. The fourth-order valence-corrected chi connectivity index (χ4v) is 4.41. The van der Waals surface area contributed by atoms with Crippen LogP contribution in [0.1, 0.15) is 50.1 Å². The maximum Gasteiger partial charge on any atom is 0.142 e. The summed E-state index contributed by atoms with van der Waals surface area (Å²) in [4.78, 5) is 2.53. The minimum absolute atomic E-state index is 0.0296. The molecular weight excluding hydrogens is 319 g/mol. The minimum Gasteiger partial charge on any atom is -0.322 e. The molecule has 2 aliphatic rings. The molecule has 1 saturated heterocycles. The van der Waals surface area contributed by atoms with Gasteiger partial charge in [0, 0.05) is 11.1 Å². The average molecular weight is 341 g/mol. The van der Waals surface area contributed by atoms with E-state index in [0.29, 0.717) is 10.0 Å². The molecular formula is C16H22BrFN2. The van der Waals surface area contributed by atoms with Gasteiger partial charge in [0.25, 0.3) is 0 Å². The van der Waals surface area contributed by atoms with Crippen molar-refractivity contribution in [2.75, 3.05) is 13.1 Å². The molecule has 0 bridgehead atoms. The summed E-state index contributed by atoms with van der Waals surface area (Å²) in [6, 6.07) is 5.24. The standard InChI is InChI=1S/C16H22BrFN2/c17-13-7-5-6-12(14(13)18)15(19)16(8-1-2-9-16)20-10-3-4-11-20/h5-7,15H,1-4,8-11,19H2. The van der Waals surface area contributed by atoms with E-state index in [1.807, 2.05) is 12.1 Å². The van der Waals surface area contributed by atoms with E-state index < -0.39 is 0 Å². The van der Waals surface area contributed by atoms with Crippen LogP contribution in [0, 0.1) is 5.82 Å². The predicted molar refractivity (Wildman–Crippen MR) is 83.0 cm³/mol. The molecule has 3 rings (SSSR count). The fraction of sp³-hybridized carbons (Fsp3) is 0.625. The predicted octanol–water partition coefficient (Wildman–Crippen LogP) is 4.00. The summed E-state index contributed by atoms with van der Waals surface area (Å²) in [7, 11) is 0. The van der Waals surface area contributed by atoms with Gasteiger partial charge >= 0.3 is 0 Å². The molecule has 0 radical (unpaired) electrons. The zero-order valence-corrected chi connectivity index (χ0v) is 13.3. The second-order valence-corrected chi connectivity index (χ2v) is 6.98. The minimum atomic E-state index is -0.236. The summed E-state index contributed by atoms with van der Waals surface area (Å²) < 4.78 is 14.9. The third kappa shape index (κ3) is 2.32. The molecule has 1 unspecified atom stereocenters. The van der Waals surface area contributed by atoms with Gasteiger partial charge in [-0.2, -0.15) is 0 Å². The Morgan fingerprint density at radius 3 is 2.45 bits per heavy atom. The Morgan fingerprint density at radius 2 is 1.80 bits per heavy atom. The smallest absolute Gasteiger partial charge is 0.142 e. The summed E-state index contributed by atoms with van der Waals surface area (Å²) in [5.41, 5.74) is 7.21. The molecule has 1 aliphatic carbocycles. The van der Waals surface area contributed by atoms with Gasteiger partial charge in [-0.25, -0.2) is 4.39 Å². The molecule has 0 aromatic heterocycles. The SMILES string of the molecule is NC(c1cccc(Br)c1F)C1(N2CCCC2)CCCC1. The first-order valence-corrected chi connectivity index (χ1v) is 8.39. The summed E-state index contributed by atoms with van der Waals surface area (Å²) >= 11 is 3.28. The van der Waals surface area contributed by atoms with Crippen LogP contribution in [0.4, 0.5) is 4.39 Å². The van der Waals surface area contributed by atoms with Gasteiger partial charge in [0.15, 0.2) is 0 Å². The fourth-order valence-electron chi connectivity index (χ4n) is 4.02. The van der Waals surface area contributed by atoms with Crippen LogP contribution in [0.25, 0.3) is 0 Å². The molecule has 2 N–H and O–H groups in total. The van der Waals surface area contributed by atoms with Crippen molar-refractivity contribution in [2.24, 2.45) is 5.73 Å². The number of benzene rings is 1. The third-order valence-electron chi connectivity index (χ3n) is 5.10. The Kier molecular flexibility index (Phi) is 4.16. The first kappa shape index (κ1) is 14.5. The summed E-state index contributed by atoms with van der Waals surface area (Å²) in [6.45, 7) is 2.23. The van der Waals surface area contributed by atoms with Crippen molar-refractivity contribution in [3.63, 3.8) is 0 Å². The van der Waals surface area contributed by atoms with Gasteiger partial charge in [0.1, 0.15) is 5.82 Å². The average Bonchev–Trinajstić information content (AvgIpc) is 3.12. The molecule has 0 spiro atoms. The molecule has 4 heteroatoms. The highest BCUT2D eigenvalue weighted by Crippen LogP contribution is 2.45. The number of halogens is 2. The highest BCUT2D eigenvalue weighted by molar-refractivity contribution is 9.10. The number of rotatable bonds is 3. The van der Waals surface area contributed by atoms with Gasteiger partial charge in [-0.1, -0.05) is 25.0 Å². The van der Waals surface area contributed by atoms with Crippen LogP contribution in [0.3, 0.4) is 0 Å². The zero-order valence-electron chi connectivity index (χ0n) is 11.7. The lowest BCUT2D eigenvalue weighted by Crippen LogP contribution is -2.52. The number of nitrogens with zero attached hydrogens (tertiary/aromatic N) is 1. The normalized spacial score (nSPS) is 24.1. The van der Waals surface area contributed by atoms with E-state index in [4.69, 9.17) is 5.73 Å². The molecule has 20 heavy (non-hydrogen) atoms. The zero-order chi connectivity index (χ0) is 14.2. The van der Waals surface area contributed by atoms with E-state index in [-0.39, 0.29) is 17.4 Å². The first-order chi connectivity index (χ1) is 9.65. The lowest BCUT2D eigenvalue weighted by atomic mass is 9.82. The molecule has 110 valence electrons. The van der Waals surface area contributed by atoms with Crippen LogP contribution in [0.5, 0.6) is 0 Å². The van der Waals surface area contributed by atoms with Crippen LogP contribution in [0.15, 0.2) is 22.7 Å². The quantitative estimate of drug-likeness (QED) is 0.901. The monoisotopic (exact) mass is 340 g/mol. The second kappa shape index (κ2) is 5.74. The summed E-state index contributed by atoms with van der Waals surface area (Å²) in [5, 5.41) is 0. The molecule has 1 saturated carbocycles. The van der Waals surface area contributed by atoms with Crippen molar-refractivity contribution in [3.05, 3.63) is 34.1 Å². The number of hydrogen-bond donors (Lipinski definition) is 1. The molecule has 1 aliphatic heterocycles. The van der Waals surface area contributed by atoms with Crippen molar-refractivity contribution in [2.45, 2.75) is 50.1 Å². The number of hydrogen-bond acceptors (Lipinski definition) is 2. The summed E-state index contributed by atoms with van der Waals surface area (Å²) in [6.07, 6.45) is 7.10. The van der Waals surface area contributed by atoms with E-state index in [1.165, 1.54) is 25.7 Å². The highest BCUT2D eigenvalue weighted by Gasteiger charge is 2.46. The summed E-state index contributed by atoms with van der Waals surface area (Å²) in [5.74, 6) is -0.189. The van der Waals surface area contributed by atoms with Crippen LogP contribution < -0.4 is 5.73 Å². The Bertz CT molecular complexity index is 479. The molecule has 2 fully saturated rings. The van der Waals surface area contributed by atoms with Crippen molar-refractivity contribution >= 4 is 15.9 Å². The van der Waals surface area contributed by atoms with E-state index in [2.05, 4.69) is 20.8 Å². The van der Waals surface area contributed by atoms with Gasteiger partial charge in [0.2, 0.25) is 0 Å². The van der Waals surface area contributed by atoms with E-state index in [9.17, 15) is 4.39 Å².